The molecule has 0 saturated carbocycles. The van der Waals surface area contributed by atoms with Crippen molar-refractivity contribution >= 4 is 22.0 Å². The van der Waals surface area contributed by atoms with Gasteiger partial charge in [-0.05, 0) is 6.92 Å². The van der Waals surface area contributed by atoms with E-state index in [0.717, 1.165) is 0 Å². The lowest BCUT2D eigenvalue weighted by atomic mass is 10.0. The van der Waals surface area contributed by atoms with Gasteiger partial charge in [-0.2, -0.15) is 0 Å². The standard InChI is InChI=1S/C10H16BrNO4/c1-2-14-9(13)12-4-3-10(8(11)7-12)15-5-6-16-10/h8H,2-7H2,1H3/t8-/m0/s1. The highest BCUT2D eigenvalue weighted by Crippen LogP contribution is 2.35. The van der Waals surface area contributed by atoms with Crippen molar-refractivity contribution < 1.29 is 19.0 Å². The Balaban J connectivity index is 1.94. The Morgan fingerprint density at radius 1 is 1.56 bits per heavy atom. The number of likely N-dealkylation sites (tertiary alicyclic amines) is 1. The molecule has 92 valence electrons. The molecule has 2 heterocycles. The van der Waals surface area contributed by atoms with E-state index in [9.17, 15) is 4.79 Å². The third-order valence-electron chi connectivity index (χ3n) is 2.89. The number of ether oxygens (including phenoxy) is 3. The van der Waals surface area contributed by atoms with E-state index in [4.69, 9.17) is 14.2 Å². The van der Waals surface area contributed by atoms with Gasteiger partial charge in [0, 0.05) is 19.5 Å². The quantitative estimate of drug-likeness (QED) is 0.685. The van der Waals surface area contributed by atoms with Crippen LogP contribution in [0.1, 0.15) is 13.3 Å². The number of carbonyl (C=O) groups excluding carboxylic acids is 1. The zero-order valence-electron chi connectivity index (χ0n) is 9.28. The molecule has 0 aromatic heterocycles. The molecule has 16 heavy (non-hydrogen) atoms. The summed E-state index contributed by atoms with van der Waals surface area (Å²) in [5, 5.41) is 0. The molecule has 5 nitrogen and oxygen atoms in total. The average molecular weight is 294 g/mol. The molecule has 2 aliphatic rings. The first-order valence-electron chi connectivity index (χ1n) is 5.51. The monoisotopic (exact) mass is 293 g/mol. The second kappa shape index (κ2) is 4.89. The molecule has 2 rings (SSSR count). The number of rotatable bonds is 1. The second-order valence-electron chi connectivity index (χ2n) is 3.87. The van der Waals surface area contributed by atoms with Crippen LogP contribution in [0.25, 0.3) is 0 Å². The lowest BCUT2D eigenvalue weighted by molar-refractivity contribution is -0.176. The smallest absolute Gasteiger partial charge is 0.409 e. The average Bonchev–Trinajstić information content (AvgIpc) is 2.72. The fourth-order valence-electron chi connectivity index (χ4n) is 2.05. The zero-order valence-corrected chi connectivity index (χ0v) is 10.9. The first-order valence-corrected chi connectivity index (χ1v) is 6.43. The van der Waals surface area contributed by atoms with E-state index >= 15 is 0 Å². The molecule has 0 N–H and O–H groups in total. The Kier molecular flexibility index (Phi) is 3.71. The van der Waals surface area contributed by atoms with Crippen molar-refractivity contribution in [3.63, 3.8) is 0 Å². The van der Waals surface area contributed by atoms with Crippen molar-refractivity contribution in [1.82, 2.24) is 4.90 Å². The van der Waals surface area contributed by atoms with E-state index in [1.807, 2.05) is 0 Å². The van der Waals surface area contributed by atoms with E-state index in [2.05, 4.69) is 15.9 Å². The van der Waals surface area contributed by atoms with E-state index in [-0.39, 0.29) is 10.9 Å². The fraction of sp³-hybridized carbons (Fsp3) is 0.900. The van der Waals surface area contributed by atoms with Crippen molar-refractivity contribution in [2.75, 3.05) is 32.9 Å². The minimum Gasteiger partial charge on any atom is -0.450 e. The van der Waals surface area contributed by atoms with Crippen LogP contribution in [0.15, 0.2) is 0 Å². The molecule has 0 bridgehead atoms. The zero-order chi connectivity index (χ0) is 11.6. The van der Waals surface area contributed by atoms with Gasteiger partial charge in [-0.25, -0.2) is 4.79 Å². The number of hydrogen-bond acceptors (Lipinski definition) is 4. The van der Waals surface area contributed by atoms with Crippen LogP contribution >= 0.6 is 15.9 Å². The van der Waals surface area contributed by atoms with Crippen molar-refractivity contribution in [2.45, 2.75) is 24.0 Å². The predicted molar refractivity (Wildman–Crippen MR) is 60.6 cm³/mol. The molecule has 0 aliphatic carbocycles. The number of amides is 1. The van der Waals surface area contributed by atoms with Gasteiger partial charge in [0.05, 0.1) is 24.6 Å². The van der Waals surface area contributed by atoms with Gasteiger partial charge in [-0.1, -0.05) is 15.9 Å². The van der Waals surface area contributed by atoms with Gasteiger partial charge in [-0.3, -0.25) is 0 Å². The molecule has 1 spiro atoms. The summed E-state index contributed by atoms with van der Waals surface area (Å²) in [6.07, 6.45) is 0.418. The second-order valence-corrected chi connectivity index (χ2v) is 4.98. The number of piperidine rings is 1. The summed E-state index contributed by atoms with van der Waals surface area (Å²) in [5.74, 6) is -0.539. The Hall–Kier alpha value is -0.330. The Morgan fingerprint density at radius 2 is 2.25 bits per heavy atom. The Labute approximate surface area is 103 Å². The molecular formula is C10H16BrNO4. The number of carbonyl (C=O) groups is 1. The van der Waals surface area contributed by atoms with Crippen LogP contribution in [-0.4, -0.2) is 54.5 Å². The summed E-state index contributed by atoms with van der Waals surface area (Å²) in [4.78, 5) is 13.2. The first kappa shape index (κ1) is 12.1. The highest BCUT2D eigenvalue weighted by atomic mass is 79.9. The van der Waals surface area contributed by atoms with Crippen LogP contribution in [-0.2, 0) is 14.2 Å². The Morgan fingerprint density at radius 3 is 2.81 bits per heavy atom. The van der Waals surface area contributed by atoms with Gasteiger partial charge < -0.3 is 19.1 Å². The first-order chi connectivity index (χ1) is 7.68. The minimum atomic E-state index is -0.539. The molecule has 1 amide bonds. The summed E-state index contributed by atoms with van der Waals surface area (Å²) in [7, 11) is 0. The summed E-state index contributed by atoms with van der Waals surface area (Å²) < 4.78 is 16.2. The van der Waals surface area contributed by atoms with Crippen molar-refractivity contribution in [3.8, 4) is 0 Å². The normalized spacial score (nSPS) is 28.4. The van der Waals surface area contributed by atoms with Crippen LogP contribution in [0.2, 0.25) is 0 Å². The van der Waals surface area contributed by atoms with Gasteiger partial charge >= 0.3 is 6.09 Å². The molecule has 1 atom stereocenters. The summed E-state index contributed by atoms with van der Waals surface area (Å²) >= 11 is 3.53. The minimum absolute atomic E-state index is 0.000608. The third kappa shape index (κ3) is 2.19. The van der Waals surface area contributed by atoms with E-state index in [1.54, 1.807) is 11.8 Å². The van der Waals surface area contributed by atoms with E-state index < -0.39 is 5.79 Å². The maximum absolute atomic E-state index is 11.5. The number of hydrogen-bond donors (Lipinski definition) is 0. The van der Waals surface area contributed by atoms with Crippen molar-refractivity contribution in [1.29, 1.82) is 0 Å². The fourth-order valence-corrected chi connectivity index (χ4v) is 2.89. The number of nitrogens with zero attached hydrogens (tertiary/aromatic N) is 1. The molecule has 0 aromatic carbocycles. The van der Waals surface area contributed by atoms with Crippen LogP contribution in [0.4, 0.5) is 4.79 Å². The van der Waals surface area contributed by atoms with Crippen LogP contribution in [0.5, 0.6) is 0 Å². The van der Waals surface area contributed by atoms with Crippen molar-refractivity contribution in [2.24, 2.45) is 0 Å². The van der Waals surface area contributed by atoms with Gasteiger partial charge in [-0.15, -0.1) is 0 Å². The predicted octanol–water partition coefficient (Wildman–Crippen LogP) is 1.36. The summed E-state index contributed by atoms with van der Waals surface area (Å²) in [6.45, 7) is 4.63. The molecule has 2 saturated heterocycles. The van der Waals surface area contributed by atoms with Crippen molar-refractivity contribution in [3.05, 3.63) is 0 Å². The third-order valence-corrected chi connectivity index (χ3v) is 3.88. The maximum Gasteiger partial charge on any atom is 0.409 e. The molecule has 2 aliphatic heterocycles. The topological polar surface area (TPSA) is 48.0 Å². The highest BCUT2D eigenvalue weighted by Gasteiger charge is 2.47. The lowest BCUT2D eigenvalue weighted by Gasteiger charge is -2.40. The molecule has 0 unspecified atom stereocenters. The maximum atomic E-state index is 11.5. The molecule has 6 heteroatoms. The largest absolute Gasteiger partial charge is 0.450 e. The summed E-state index contributed by atoms with van der Waals surface area (Å²) in [5.41, 5.74) is 0. The molecule has 0 radical (unpaired) electrons. The highest BCUT2D eigenvalue weighted by molar-refractivity contribution is 9.09. The van der Waals surface area contributed by atoms with Gasteiger partial charge in [0.25, 0.3) is 0 Å². The molecular weight excluding hydrogens is 278 g/mol. The van der Waals surface area contributed by atoms with E-state index in [1.165, 1.54) is 0 Å². The van der Waals surface area contributed by atoms with Crippen LogP contribution in [0.3, 0.4) is 0 Å². The molecule has 2 fully saturated rings. The Bertz CT molecular complexity index is 268. The van der Waals surface area contributed by atoms with Gasteiger partial charge in [0.15, 0.2) is 5.79 Å². The van der Waals surface area contributed by atoms with Crippen LogP contribution in [0, 0.1) is 0 Å². The van der Waals surface area contributed by atoms with E-state index in [0.29, 0.717) is 39.3 Å². The van der Waals surface area contributed by atoms with Gasteiger partial charge in [0.2, 0.25) is 0 Å². The lowest BCUT2D eigenvalue weighted by Crippen LogP contribution is -2.55. The summed E-state index contributed by atoms with van der Waals surface area (Å²) in [6, 6.07) is 0. The molecule has 0 aromatic rings. The number of halogens is 1. The van der Waals surface area contributed by atoms with Gasteiger partial charge in [0.1, 0.15) is 0 Å². The SMILES string of the molecule is CCOC(=O)N1CCC2(OCCO2)[C@@H](Br)C1. The van der Waals surface area contributed by atoms with Crippen LogP contribution < -0.4 is 0 Å². The number of alkyl halides is 1.